The summed E-state index contributed by atoms with van der Waals surface area (Å²) in [5.74, 6) is 0.449. The molecule has 1 aromatic carbocycles. The Morgan fingerprint density at radius 2 is 2.08 bits per heavy atom. The molecule has 1 aliphatic heterocycles. The first-order valence-electron chi connectivity index (χ1n) is 7.93. The molecule has 1 saturated heterocycles. The Balaban J connectivity index is 2.07. The number of carbonyl (C=O) groups is 1. The quantitative estimate of drug-likeness (QED) is 0.791. The predicted molar refractivity (Wildman–Crippen MR) is 92.4 cm³/mol. The van der Waals surface area contributed by atoms with Gasteiger partial charge in [0.25, 0.3) is 0 Å². The normalized spacial score (nSPS) is 16.6. The molecule has 1 aromatic rings. The monoisotopic (exact) mass is 352 g/mol. The molecule has 1 aliphatic rings. The van der Waals surface area contributed by atoms with Gasteiger partial charge in [0.15, 0.2) is 0 Å². The minimum Gasteiger partial charge on any atom is -0.497 e. The number of methoxy groups -OCH3 is 1. The van der Waals surface area contributed by atoms with Crippen LogP contribution in [0.2, 0.25) is 0 Å². The first kappa shape index (κ1) is 18.5. The van der Waals surface area contributed by atoms with Gasteiger partial charge < -0.3 is 10.1 Å². The molecule has 0 saturated carbocycles. The van der Waals surface area contributed by atoms with Crippen molar-refractivity contribution in [3.63, 3.8) is 0 Å². The highest BCUT2D eigenvalue weighted by atomic mass is 32.2. The Morgan fingerprint density at radius 1 is 1.42 bits per heavy atom. The molecule has 0 aliphatic carbocycles. The van der Waals surface area contributed by atoms with Crippen molar-refractivity contribution in [2.24, 2.45) is 5.92 Å². The van der Waals surface area contributed by atoms with Gasteiger partial charge >= 0.3 is 0 Å². The first-order chi connectivity index (χ1) is 11.4. The van der Waals surface area contributed by atoms with E-state index in [-0.39, 0.29) is 16.7 Å². The van der Waals surface area contributed by atoms with Gasteiger partial charge in [-0.3, -0.25) is 4.79 Å². The summed E-state index contributed by atoms with van der Waals surface area (Å²) in [6.45, 7) is 6.45. The number of aryl methyl sites for hydroxylation is 1. The third-order valence-corrected chi connectivity index (χ3v) is 6.30. The van der Waals surface area contributed by atoms with Gasteiger partial charge in [-0.25, -0.2) is 8.42 Å². The van der Waals surface area contributed by atoms with Crippen LogP contribution in [0.25, 0.3) is 0 Å². The number of ether oxygens (including phenoxy) is 1. The minimum atomic E-state index is -3.55. The molecule has 132 valence electrons. The fraction of sp³-hybridized carbons (Fsp3) is 0.471. The van der Waals surface area contributed by atoms with E-state index in [1.807, 2.05) is 0 Å². The van der Waals surface area contributed by atoms with Gasteiger partial charge in [-0.15, -0.1) is 6.58 Å². The molecule has 1 fully saturated rings. The maximum atomic E-state index is 12.8. The molecule has 24 heavy (non-hydrogen) atoms. The van der Waals surface area contributed by atoms with Crippen molar-refractivity contribution in [1.82, 2.24) is 9.62 Å². The topological polar surface area (TPSA) is 75.7 Å². The summed E-state index contributed by atoms with van der Waals surface area (Å²) in [6, 6.07) is 4.93. The minimum absolute atomic E-state index is 0.0347. The van der Waals surface area contributed by atoms with Crippen molar-refractivity contribution < 1.29 is 17.9 Å². The lowest BCUT2D eigenvalue weighted by molar-refractivity contribution is -0.125. The third kappa shape index (κ3) is 3.96. The van der Waals surface area contributed by atoms with Gasteiger partial charge in [-0.05, 0) is 43.5 Å². The SMILES string of the molecule is C=CCNC(=O)C1CCN(S(=O)(=O)c2ccc(OC)cc2C)CC1. The lowest BCUT2D eigenvalue weighted by Gasteiger charge is -2.30. The van der Waals surface area contributed by atoms with Crippen molar-refractivity contribution in [2.45, 2.75) is 24.7 Å². The lowest BCUT2D eigenvalue weighted by Crippen LogP contribution is -2.43. The summed E-state index contributed by atoms with van der Waals surface area (Å²) in [6.07, 6.45) is 2.68. The first-order valence-corrected chi connectivity index (χ1v) is 9.37. The summed E-state index contributed by atoms with van der Waals surface area (Å²) in [7, 11) is -2.01. The standard InChI is InChI=1S/C17H24N2O4S/c1-4-9-18-17(20)14-7-10-19(11-8-14)24(21,22)16-6-5-15(23-3)12-13(16)2/h4-6,12,14H,1,7-11H2,2-3H3,(H,18,20). The molecule has 2 rings (SSSR count). The van der Waals surface area contributed by atoms with Crippen LogP contribution in [0.1, 0.15) is 18.4 Å². The Bertz CT molecular complexity index is 707. The van der Waals surface area contributed by atoms with E-state index in [0.29, 0.717) is 43.8 Å². The van der Waals surface area contributed by atoms with Crippen LogP contribution in [0.15, 0.2) is 35.7 Å². The number of rotatable bonds is 6. The second kappa shape index (κ2) is 7.81. The maximum absolute atomic E-state index is 12.8. The number of benzene rings is 1. The Hall–Kier alpha value is -1.86. The highest BCUT2D eigenvalue weighted by molar-refractivity contribution is 7.89. The maximum Gasteiger partial charge on any atom is 0.243 e. The largest absolute Gasteiger partial charge is 0.497 e. The number of carbonyl (C=O) groups excluding carboxylic acids is 1. The highest BCUT2D eigenvalue weighted by Crippen LogP contribution is 2.27. The van der Waals surface area contributed by atoms with E-state index in [9.17, 15) is 13.2 Å². The van der Waals surface area contributed by atoms with Gasteiger partial charge in [0, 0.05) is 25.6 Å². The third-order valence-electron chi connectivity index (χ3n) is 4.25. The average molecular weight is 352 g/mol. The number of nitrogens with one attached hydrogen (secondary N) is 1. The highest BCUT2D eigenvalue weighted by Gasteiger charge is 2.32. The van der Waals surface area contributed by atoms with Crippen molar-refractivity contribution in [2.75, 3.05) is 26.7 Å². The Kier molecular flexibility index (Phi) is 6.01. The molecule has 1 heterocycles. The summed E-state index contributed by atoms with van der Waals surface area (Å²) in [4.78, 5) is 12.3. The Labute approximate surface area is 143 Å². The number of nitrogens with zero attached hydrogens (tertiary/aromatic N) is 1. The van der Waals surface area contributed by atoms with E-state index < -0.39 is 10.0 Å². The van der Waals surface area contributed by atoms with Crippen LogP contribution in [0.4, 0.5) is 0 Å². The average Bonchev–Trinajstić information content (AvgIpc) is 2.59. The van der Waals surface area contributed by atoms with Gasteiger partial charge in [-0.1, -0.05) is 6.08 Å². The van der Waals surface area contributed by atoms with Crippen LogP contribution in [0.3, 0.4) is 0 Å². The molecular formula is C17H24N2O4S. The van der Waals surface area contributed by atoms with Crippen LogP contribution in [0, 0.1) is 12.8 Å². The zero-order valence-corrected chi connectivity index (χ0v) is 14.9. The molecule has 0 unspecified atom stereocenters. The number of amides is 1. The van der Waals surface area contributed by atoms with Crippen LogP contribution >= 0.6 is 0 Å². The number of piperidine rings is 1. The van der Waals surface area contributed by atoms with Gasteiger partial charge in [-0.2, -0.15) is 4.31 Å². The molecule has 0 spiro atoms. The molecule has 0 aromatic heterocycles. The van der Waals surface area contributed by atoms with E-state index >= 15 is 0 Å². The van der Waals surface area contributed by atoms with Crippen molar-refractivity contribution in [1.29, 1.82) is 0 Å². The second-order valence-electron chi connectivity index (χ2n) is 5.84. The molecule has 0 bridgehead atoms. The van der Waals surface area contributed by atoms with Crippen molar-refractivity contribution in [3.05, 3.63) is 36.4 Å². The fourth-order valence-corrected chi connectivity index (χ4v) is 4.53. The van der Waals surface area contributed by atoms with E-state index in [0.717, 1.165) is 0 Å². The van der Waals surface area contributed by atoms with Crippen LogP contribution in [-0.2, 0) is 14.8 Å². The second-order valence-corrected chi connectivity index (χ2v) is 7.75. The van der Waals surface area contributed by atoms with Crippen molar-refractivity contribution >= 4 is 15.9 Å². The summed E-state index contributed by atoms with van der Waals surface area (Å²) in [5.41, 5.74) is 0.653. The summed E-state index contributed by atoms with van der Waals surface area (Å²) >= 11 is 0. The number of sulfonamides is 1. The molecule has 0 radical (unpaired) electrons. The van der Waals surface area contributed by atoms with Crippen LogP contribution in [0.5, 0.6) is 5.75 Å². The zero-order valence-electron chi connectivity index (χ0n) is 14.1. The molecule has 0 atom stereocenters. The lowest BCUT2D eigenvalue weighted by atomic mass is 9.97. The van der Waals surface area contributed by atoms with Gasteiger partial charge in [0.1, 0.15) is 5.75 Å². The van der Waals surface area contributed by atoms with Crippen LogP contribution < -0.4 is 10.1 Å². The number of hydrogen-bond donors (Lipinski definition) is 1. The van der Waals surface area contributed by atoms with E-state index in [1.54, 1.807) is 38.3 Å². The Morgan fingerprint density at radius 3 is 2.62 bits per heavy atom. The van der Waals surface area contributed by atoms with E-state index in [4.69, 9.17) is 4.74 Å². The fourth-order valence-electron chi connectivity index (χ4n) is 2.85. The zero-order chi connectivity index (χ0) is 17.7. The van der Waals surface area contributed by atoms with Gasteiger partial charge in [0.05, 0.1) is 12.0 Å². The summed E-state index contributed by atoms with van der Waals surface area (Å²) < 4.78 is 32.2. The van der Waals surface area contributed by atoms with E-state index in [2.05, 4.69) is 11.9 Å². The molecule has 1 N–H and O–H groups in total. The number of hydrogen-bond acceptors (Lipinski definition) is 4. The van der Waals surface area contributed by atoms with Gasteiger partial charge in [0.2, 0.25) is 15.9 Å². The predicted octanol–water partition coefficient (Wildman–Crippen LogP) is 1.71. The summed E-state index contributed by atoms with van der Waals surface area (Å²) in [5, 5.41) is 2.77. The van der Waals surface area contributed by atoms with Crippen LogP contribution in [-0.4, -0.2) is 45.4 Å². The molecule has 7 heteroatoms. The molecule has 1 amide bonds. The molecule has 6 nitrogen and oxygen atoms in total. The molecular weight excluding hydrogens is 328 g/mol. The smallest absolute Gasteiger partial charge is 0.243 e. The van der Waals surface area contributed by atoms with Crippen molar-refractivity contribution in [3.8, 4) is 5.75 Å². The van der Waals surface area contributed by atoms with E-state index in [1.165, 1.54) is 4.31 Å².